The number of benzene rings is 1. The van der Waals surface area contributed by atoms with Crippen LogP contribution in [0, 0.1) is 6.92 Å². The molecule has 0 unspecified atom stereocenters. The highest BCUT2D eigenvalue weighted by molar-refractivity contribution is 5.99. The largest absolute Gasteiger partial charge is 0.393 e. The number of hydrogen-bond acceptors (Lipinski definition) is 2. The maximum absolute atomic E-state index is 12.5. The second kappa shape index (κ2) is 4.39. The number of hydrogen-bond donors (Lipinski definition) is 1. The van der Waals surface area contributed by atoms with Gasteiger partial charge in [0.15, 0.2) is 0 Å². The molecule has 1 saturated carbocycles. The minimum Gasteiger partial charge on any atom is -0.393 e. The summed E-state index contributed by atoms with van der Waals surface area (Å²) in [4.78, 5) is 14.5. The Bertz CT molecular complexity index is 475. The van der Waals surface area contributed by atoms with E-state index in [1.807, 2.05) is 24.0 Å². The molecule has 0 saturated heterocycles. The van der Waals surface area contributed by atoms with Crippen molar-refractivity contribution in [1.82, 2.24) is 4.90 Å². The molecule has 3 rings (SSSR count). The van der Waals surface area contributed by atoms with Gasteiger partial charge in [-0.3, -0.25) is 4.79 Å². The molecule has 3 nitrogen and oxygen atoms in total. The lowest BCUT2D eigenvalue weighted by atomic mass is 9.92. The molecule has 18 heavy (non-hydrogen) atoms. The molecule has 1 aliphatic carbocycles. The van der Waals surface area contributed by atoms with Gasteiger partial charge in [0.25, 0.3) is 5.91 Å². The zero-order chi connectivity index (χ0) is 12.7. The van der Waals surface area contributed by atoms with Crippen molar-refractivity contribution in [2.75, 3.05) is 0 Å². The molecule has 0 atom stereocenters. The molecular formula is C15H19NO2. The molecule has 1 N–H and O–H groups in total. The molecule has 1 heterocycles. The van der Waals surface area contributed by atoms with Gasteiger partial charge in [-0.15, -0.1) is 0 Å². The summed E-state index contributed by atoms with van der Waals surface area (Å²) in [6.07, 6.45) is 3.34. The minimum atomic E-state index is -0.164. The van der Waals surface area contributed by atoms with Crippen LogP contribution in [-0.4, -0.2) is 28.1 Å². The molecule has 0 bridgehead atoms. The monoisotopic (exact) mass is 245 g/mol. The van der Waals surface area contributed by atoms with E-state index in [0.29, 0.717) is 6.04 Å². The van der Waals surface area contributed by atoms with Crippen LogP contribution in [0.4, 0.5) is 0 Å². The third-order valence-corrected chi connectivity index (χ3v) is 4.28. The predicted octanol–water partition coefficient (Wildman–Crippen LogP) is 2.25. The minimum absolute atomic E-state index is 0.164. The van der Waals surface area contributed by atoms with E-state index in [1.165, 1.54) is 0 Å². The summed E-state index contributed by atoms with van der Waals surface area (Å²) < 4.78 is 0. The van der Waals surface area contributed by atoms with Crippen LogP contribution in [0.25, 0.3) is 0 Å². The fourth-order valence-electron chi connectivity index (χ4n) is 3.23. The van der Waals surface area contributed by atoms with Gasteiger partial charge in [0.05, 0.1) is 6.10 Å². The summed E-state index contributed by atoms with van der Waals surface area (Å²) in [5.41, 5.74) is 3.14. The average molecular weight is 245 g/mol. The Hall–Kier alpha value is -1.35. The topological polar surface area (TPSA) is 40.5 Å². The van der Waals surface area contributed by atoms with Crippen LogP contribution in [0.15, 0.2) is 18.2 Å². The first kappa shape index (κ1) is 11.7. The molecule has 1 aromatic rings. The molecule has 1 fully saturated rings. The SMILES string of the molecule is Cc1cccc2c1C(=O)N([C@H]1CC[C@H](O)CC1)C2. The van der Waals surface area contributed by atoms with Gasteiger partial charge in [-0.2, -0.15) is 0 Å². The van der Waals surface area contributed by atoms with E-state index in [0.717, 1.165) is 48.9 Å². The van der Waals surface area contributed by atoms with Crippen molar-refractivity contribution in [3.63, 3.8) is 0 Å². The Balaban J connectivity index is 1.82. The van der Waals surface area contributed by atoms with E-state index in [1.54, 1.807) is 0 Å². The number of aliphatic hydroxyl groups excluding tert-OH is 1. The summed E-state index contributed by atoms with van der Waals surface area (Å²) in [6.45, 7) is 2.75. The average Bonchev–Trinajstić information content (AvgIpc) is 2.69. The standard InChI is InChI=1S/C15H19NO2/c1-10-3-2-4-11-9-16(15(18)14(10)11)12-5-7-13(17)8-6-12/h2-4,12-13,17H,5-9H2,1H3/t12-,13-. The number of carbonyl (C=O) groups is 1. The number of amides is 1. The first-order valence-electron chi connectivity index (χ1n) is 6.74. The fraction of sp³-hybridized carbons (Fsp3) is 0.533. The second-order valence-corrected chi connectivity index (χ2v) is 5.50. The van der Waals surface area contributed by atoms with E-state index in [2.05, 4.69) is 6.07 Å². The quantitative estimate of drug-likeness (QED) is 0.824. The molecule has 1 amide bonds. The number of rotatable bonds is 1. The number of carbonyl (C=O) groups excluding carboxylic acids is 1. The van der Waals surface area contributed by atoms with E-state index in [4.69, 9.17) is 0 Å². The molecule has 0 spiro atoms. The molecule has 0 aromatic heterocycles. The highest BCUT2D eigenvalue weighted by Crippen LogP contribution is 2.32. The lowest BCUT2D eigenvalue weighted by Gasteiger charge is -2.32. The maximum atomic E-state index is 12.5. The molecule has 1 aliphatic heterocycles. The highest BCUT2D eigenvalue weighted by atomic mass is 16.3. The molecule has 1 aromatic carbocycles. The predicted molar refractivity (Wildman–Crippen MR) is 69.3 cm³/mol. The van der Waals surface area contributed by atoms with Crippen molar-refractivity contribution >= 4 is 5.91 Å². The Labute approximate surface area is 107 Å². The zero-order valence-electron chi connectivity index (χ0n) is 10.7. The van der Waals surface area contributed by atoms with Crippen LogP contribution in [0.3, 0.4) is 0 Å². The summed E-state index contributed by atoms with van der Waals surface area (Å²) in [5, 5.41) is 9.55. The van der Waals surface area contributed by atoms with Gasteiger partial charge in [-0.1, -0.05) is 18.2 Å². The highest BCUT2D eigenvalue weighted by Gasteiger charge is 2.35. The van der Waals surface area contributed by atoms with E-state index in [-0.39, 0.29) is 12.0 Å². The molecule has 96 valence electrons. The Morgan fingerprint density at radius 3 is 2.61 bits per heavy atom. The van der Waals surface area contributed by atoms with Crippen molar-refractivity contribution in [3.05, 3.63) is 34.9 Å². The third-order valence-electron chi connectivity index (χ3n) is 4.28. The number of fused-ring (bicyclic) bond motifs is 1. The van der Waals surface area contributed by atoms with Crippen molar-refractivity contribution in [1.29, 1.82) is 0 Å². The van der Waals surface area contributed by atoms with Crippen LogP contribution < -0.4 is 0 Å². The van der Waals surface area contributed by atoms with Crippen molar-refractivity contribution in [2.45, 2.75) is 51.3 Å². The first-order valence-corrected chi connectivity index (χ1v) is 6.74. The van der Waals surface area contributed by atoms with Crippen molar-refractivity contribution < 1.29 is 9.90 Å². The fourth-order valence-corrected chi connectivity index (χ4v) is 3.23. The maximum Gasteiger partial charge on any atom is 0.255 e. The molecular weight excluding hydrogens is 226 g/mol. The van der Waals surface area contributed by atoms with Crippen LogP contribution in [-0.2, 0) is 6.54 Å². The number of aliphatic hydroxyl groups is 1. The van der Waals surface area contributed by atoms with Gasteiger partial charge >= 0.3 is 0 Å². The molecule has 3 heteroatoms. The molecule has 0 radical (unpaired) electrons. The first-order chi connectivity index (χ1) is 8.66. The lowest BCUT2D eigenvalue weighted by molar-refractivity contribution is 0.0519. The van der Waals surface area contributed by atoms with E-state index in [9.17, 15) is 9.90 Å². The van der Waals surface area contributed by atoms with Gasteiger partial charge in [-0.05, 0) is 43.7 Å². The Morgan fingerprint density at radius 1 is 1.22 bits per heavy atom. The smallest absolute Gasteiger partial charge is 0.255 e. The Morgan fingerprint density at radius 2 is 1.94 bits per heavy atom. The van der Waals surface area contributed by atoms with E-state index < -0.39 is 0 Å². The van der Waals surface area contributed by atoms with Gasteiger partial charge in [0.2, 0.25) is 0 Å². The van der Waals surface area contributed by atoms with Gasteiger partial charge in [-0.25, -0.2) is 0 Å². The summed E-state index contributed by atoms with van der Waals surface area (Å²) in [6, 6.07) is 6.39. The summed E-state index contributed by atoms with van der Waals surface area (Å²) in [5.74, 6) is 0.185. The van der Waals surface area contributed by atoms with Crippen LogP contribution in [0.1, 0.15) is 47.2 Å². The number of aryl methyl sites for hydroxylation is 1. The van der Waals surface area contributed by atoms with E-state index >= 15 is 0 Å². The van der Waals surface area contributed by atoms with Crippen LogP contribution in [0.2, 0.25) is 0 Å². The van der Waals surface area contributed by atoms with Gasteiger partial charge in [0.1, 0.15) is 0 Å². The second-order valence-electron chi connectivity index (χ2n) is 5.50. The third kappa shape index (κ3) is 1.83. The molecule has 2 aliphatic rings. The van der Waals surface area contributed by atoms with Crippen LogP contribution >= 0.6 is 0 Å². The van der Waals surface area contributed by atoms with Crippen molar-refractivity contribution in [2.24, 2.45) is 0 Å². The lowest BCUT2D eigenvalue weighted by Crippen LogP contribution is -2.39. The normalized spacial score (nSPS) is 27.4. The van der Waals surface area contributed by atoms with Crippen LogP contribution in [0.5, 0.6) is 0 Å². The van der Waals surface area contributed by atoms with Gasteiger partial charge < -0.3 is 10.0 Å². The summed E-state index contributed by atoms with van der Waals surface area (Å²) in [7, 11) is 0. The zero-order valence-corrected chi connectivity index (χ0v) is 10.7. The van der Waals surface area contributed by atoms with Crippen molar-refractivity contribution in [3.8, 4) is 0 Å². The number of nitrogens with zero attached hydrogens (tertiary/aromatic N) is 1. The summed E-state index contributed by atoms with van der Waals surface area (Å²) >= 11 is 0. The Kier molecular flexibility index (Phi) is 2.86. The van der Waals surface area contributed by atoms with Gasteiger partial charge in [0, 0.05) is 18.2 Å².